The molecule has 162 valence electrons. The van der Waals surface area contributed by atoms with E-state index in [2.05, 4.69) is 5.32 Å². The van der Waals surface area contributed by atoms with Crippen molar-refractivity contribution in [1.82, 2.24) is 0 Å². The molecule has 2 amide bonds. The number of nitrogens with one attached hydrogen (secondary N) is 1. The van der Waals surface area contributed by atoms with Crippen LogP contribution in [0.4, 0.5) is 15.8 Å². The molecule has 3 aromatic carbocycles. The minimum Gasteiger partial charge on any atom is -0.495 e. The normalized spacial score (nSPS) is 13.7. The number of imide groups is 1. The molecule has 32 heavy (non-hydrogen) atoms. The van der Waals surface area contributed by atoms with Crippen molar-refractivity contribution < 1.29 is 18.7 Å². The largest absolute Gasteiger partial charge is 0.495 e. The summed E-state index contributed by atoms with van der Waals surface area (Å²) >= 11 is 6.23. The van der Waals surface area contributed by atoms with Gasteiger partial charge in [0, 0.05) is 5.69 Å². The van der Waals surface area contributed by atoms with Crippen LogP contribution in [0.15, 0.2) is 66.4 Å². The van der Waals surface area contributed by atoms with Gasteiger partial charge in [-0.2, -0.15) is 0 Å². The van der Waals surface area contributed by atoms with Gasteiger partial charge in [-0.05, 0) is 66.9 Å². The average molecular weight is 451 g/mol. The van der Waals surface area contributed by atoms with E-state index >= 15 is 0 Å². The molecule has 0 bridgehead atoms. The van der Waals surface area contributed by atoms with Crippen LogP contribution < -0.4 is 15.0 Å². The molecule has 0 saturated carbocycles. The van der Waals surface area contributed by atoms with Crippen molar-refractivity contribution >= 4 is 40.4 Å². The summed E-state index contributed by atoms with van der Waals surface area (Å²) in [6, 6.07) is 15.9. The first-order valence-electron chi connectivity index (χ1n) is 9.87. The summed E-state index contributed by atoms with van der Waals surface area (Å²) < 4.78 is 18.7. The smallest absolute Gasteiger partial charge is 0.282 e. The Morgan fingerprint density at radius 3 is 2.31 bits per heavy atom. The summed E-state index contributed by atoms with van der Waals surface area (Å²) in [5.41, 5.74) is 3.62. The van der Waals surface area contributed by atoms with Gasteiger partial charge < -0.3 is 10.1 Å². The molecule has 1 aliphatic heterocycles. The van der Waals surface area contributed by atoms with Crippen LogP contribution in [0.2, 0.25) is 5.02 Å². The molecule has 0 spiro atoms. The molecule has 3 aromatic rings. The molecular formula is C25H20ClFN2O3. The van der Waals surface area contributed by atoms with Crippen LogP contribution >= 0.6 is 11.6 Å². The maximum atomic E-state index is 13.5. The van der Waals surface area contributed by atoms with E-state index in [1.165, 1.54) is 37.4 Å². The summed E-state index contributed by atoms with van der Waals surface area (Å²) in [6.45, 7) is 3.84. The lowest BCUT2D eigenvalue weighted by Crippen LogP contribution is -2.32. The number of anilines is 2. The topological polar surface area (TPSA) is 58.6 Å². The van der Waals surface area contributed by atoms with Crippen molar-refractivity contribution in [2.24, 2.45) is 0 Å². The predicted molar refractivity (Wildman–Crippen MR) is 123 cm³/mol. The second kappa shape index (κ2) is 8.48. The number of nitrogens with zero attached hydrogens (tertiary/aromatic N) is 1. The fourth-order valence-corrected chi connectivity index (χ4v) is 3.82. The summed E-state index contributed by atoms with van der Waals surface area (Å²) in [4.78, 5) is 28.0. The highest BCUT2D eigenvalue weighted by molar-refractivity contribution is 6.46. The van der Waals surface area contributed by atoms with Gasteiger partial charge in [0.25, 0.3) is 11.8 Å². The van der Waals surface area contributed by atoms with Crippen LogP contribution in [0, 0.1) is 19.7 Å². The molecule has 5 nitrogen and oxygen atoms in total. The Bertz CT molecular complexity index is 1270. The number of hydrogen-bond acceptors (Lipinski definition) is 4. The summed E-state index contributed by atoms with van der Waals surface area (Å²) in [5, 5.41) is 3.41. The van der Waals surface area contributed by atoms with E-state index in [-0.39, 0.29) is 16.3 Å². The van der Waals surface area contributed by atoms with Crippen molar-refractivity contribution in [2.45, 2.75) is 13.8 Å². The SMILES string of the molecule is COc1ccc(N2C(=O)C(Nc3cc(C)ccc3C)=C(c3ccc(F)cc3)C2=O)cc1Cl. The van der Waals surface area contributed by atoms with Crippen LogP contribution in [-0.4, -0.2) is 18.9 Å². The molecular weight excluding hydrogens is 431 g/mol. The van der Waals surface area contributed by atoms with Gasteiger partial charge >= 0.3 is 0 Å². The number of benzene rings is 3. The number of methoxy groups -OCH3 is 1. The van der Waals surface area contributed by atoms with E-state index in [0.29, 0.717) is 22.7 Å². The quantitative estimate of drug-likeness (QED) is 0.521. The lowest BCUT2D eigenvalue weighted by atomic mass is 10.0. The molecule has 0 radical (unpaired) electrons. The van der Waals surface area contributed by atoms with Crippen molar-refractivity contribution in [1.29, 1.82) is 0 Å². The van der Waals surface area contributed by atoms with Gasteiger partial charge in [0.2, 0.25) is 0 Å². The van der Waals surface area contributed by atoms with Crippen LogP contribution in [0.3, 0.4) is 0 Å². The minimum atomic E-state index is -0.532. The second-order valence-corrected chi connectivity index (χ2v) is 7.87. The van der Waals surface area contributed by atoms with Gasteiger partial charge in [0.15, 0.2) is 0 Å². The van der Waals surface area contributed by atoms with Gasteiger partial charge in [-0.1, -0.05) is 35.9 Å². The van der Waals surface area contributed by atoms with Crippen LogP contribution in [0.1, 0.15) is 16.7 Å². The molecule has 0 aliphatic carbocycles. The second-order valence-electron chi connectivity index (χ2n) is 7.46. The van der Waals surface area contributed by atoms with E-state index < -0.39 is 17.6 Å². The predicted octanol–water partition coefficient (Wildman–Crippen LogP) is 5.50. The first-order chi connectivity index (χ1) is 15.3. The maximum absolute atomic E-state index is 13.5. The molecule has 0 atom stereocenters. The molecule has 1 N–H and O–H groups in total. The van der Waals surface area contributed by atoms with E-state index in [0.717, 1.165) is 16.0 Å². The lowest BCUT2D eigenvalue weighted by Gasteiger charge is -2.17. The number of hydrogen-bond donors (Lipinski definition) is 1. The standard InChI is InChI=1S/C25H20ClFN2O3/c1-14-4-5-15(2)20(12-14)28-23-22(16-6-8-17(27)9-7-16)24(30)29(25(23)31)18-10-11-21(32-3)19(26)13-18/h4-13,28H,1-3H3. The molecule has 1 heterocycles. The molecule has 0 saturated heterocycles. The van der Waals surface area contributed by atoms with Gasteiger partial charge in [-0.3, -0.25) is 9.59 Å². The fourth-order valence-electron chi connectivity index (χ4n) is 3.56. The third-order valence-electron chi connectivity index (χ3n) is 5.26. The average Bonchev–Trinajstić information content (AvgIpc) is 3.01. The Hall–Kier alpha value is -3.64. The highest BCUT2D eigenvalue weighted by Gasteiger charge is 2.40. The Morgan fingerprint density at radius 1 is 0.938 bits per heavy atom. The van der Waals surface area contributed by atoms with E-state index in [4.69, 9.17) is 16.3 Å². The zero-order valence-corrected chi connectivity index (χ0v) is 18.5. The van der Waals surface area contributed by atoms with Gasteiger partial charge in [0.05, 0.1) is 23.4 Å². The van der Waals surface area contributed by atoms with Crippen molar-refractivity contribution in [3.8, 4) is 5.75 Å². The first kappa shape index (κ1) is 21.6. The van der Waals surface area contributed by atoms with Gasteiger partial charge in [0.1, 0.15) is 17.3 Å². The third-order valence-corrected chi connectivity index (χ3v) is 5.56. The summed E-state index contributed by atoms with van der Waals surface area (Å²) in [7, 11) is 1.48. The van der Waals surface area contributed by atoms with Gasteiger partial charge in [-0.25, -0.2) is 9.29 Å². The van der Waals surface area contributed by atoms with E-state index in [1.807, 2.05) is 32.0 Å². The Balaban J connectivity index is 1.84. The number of amides is 2. The van der Waals surface area contributed by atoms with Crippen LogP contribution in [-0.2, 0) is 9.59 Å². The maximum Gasteiger partial charge on any atom is 0.282 e. The van der Waals surface area contributed by atoms with Crippen LogP contribution in [0.25, 0.3) is 5.57 Å². The third kappa shape index (κ3) is 3.85. The summed E-state index contributed by atoms with van der Waals surface area (Å²) in [5.74, 6) is -1.07. The first-order valence-corrected chi connectivity index (χ1v) is 10.2. The molecule has 7 heteroatoms. The Kier molecular flexibility index (Phi) is 5.72. The highest BCUT2D eigenvalue weighted by Crippen LogP contribution is 2.37. The zero-order valence-electron chi connectivity index (χ0n) is 17.7. The number of carbonyl (C=O) groups excluding carboxylic acids is 2. The number of halogens is 2. The number of rotatable bonds is 5. The molecule has 4 rings (SSSR count). The molecule has 0 unspecified atom stereocenters. The number of carbonyl (C=O) groups is 2. The van der Waals surface area contributed by atoms with Crippen LogP contribution in [0.5, 0.6) is 5.75 Å². The lowest BCUT2D eigenvalue weighted by molar-refractivity contribution is -0.120. The number of ether oxygens (including phenoxy) is 1. The fraction of sp³-hybridized carbons (Fsp3) is 0.120. The highest BCUT2D eigenvalue weighted by atomic mass is 35.5. The van der Waals surface area contributed by atoms with Crippen molar-refractivity contribution in [3.05, 3.63) is 93.9 Å². The Labute approximate surface area is 190 Å². The van der Waals surface area contributed by atoms with E-state index in [9.17, 15) is 14.0 Å². The number of aryl methyl sites for hydroxylation is 2. The summed E-state index contributed by atoms with van der Waals surface area (Å²) in [6.07, 6.45) is 0. The monoisotopic (exact) mass is 450 g/mol. The van der Waals surface area contributed by atoms with E-state index in [1.54, 1.807) is 12.1 Å². The van der Waals surface area contributed by atoms with Gasteiger partial charge in [-0.15, -0.1) is 0 Å². The molecule has 0 fully saturated rings. The minimum absolute atomic E-state index is 0.113. The molecule has 0 aromatic heterocycles. The van der Waals surface area contributed by atoms with Crippen molar-refractivity contribution in [3.63, 3.8) is 0 Å². The molecule has 1 aliphatic rings. The van der Waals surface area contributed by atoms with Crippen molar-refractivity contribution in [2.75, 3.05) is 17.3 Å². The Morgan fingerprint density at radius 2 is 1.66 bits per heavy atom. The zero-order chi connectivity index (χ0) is 23.0.